The highest BCUT2D eigenvalue weighted by Crippen LogP contribution is 2.28. The second-order valence-electron chi connectivity index (χ2n) is 3.71. The van der Waals surface area contributed by atoms with Crippen molar-refractivity contribution in [1.82, 2.24) is 0 Å². The van der Waals surface area contributed by atoms with Gasteiger partial charge in [-0.25, -0.2) is 0 Å². The summed E-state index contributed by atoms with van der Waals surface area (Å²) in [4.78, 5) is 1.03. The van der Waals surface area contributed by atoms with E-state index in [0.29, 0.717) is 0 Å². The van der Waals surface area contributed by atoms with Crippen LogP contribution in [0.4, 0.5) is 0 Å². The summed E-state index contributed by atoms with van der Waals surface area (Å²) in [7, 11) is 0. The lowest BCUT2D eigenvalue weighted by molar-refractivity contribution is 0.171. The minimum absolute atomic E-state index is 0.350. The Morgan fingerprint density at radius 1 is 1.25 bits per heavy atom. The van der Waals surface area contributed by atoms with E-state index < -0.39 is 0 Å². The maximum absolute atomic E-state index is 9.98. The van der Waals surface area contributed by atoms with Crippen molar-refractivity contribution in [3.63, 3.8) is 0 Å². The van der Waals surface area contributed by atoms with Crippen LogP contribution in [0.2, 0.25) is 0 Å². The Morgan fingerprint density at radius 2 is 2.00 bits per heavy atom. The number of aliphatic hydroxyl groups excluding tert-OH is 1. The molecule has 0 bridgehead atoms. The molecule has 1 aromatic carbocycles. The lowest BCUT2D eigenvalue weighted by atomic mass is 10.1. The monoisotopic (exact) mass is 296 g/mol. The first-order valence-electron chi connectivity index (χ1n) is 5.21. The smallest absolute Gasteiger partial charge is 0.0885 e. The van der Waals surface area contributed by atoms with Gasteiger partial charge in [0.25, 0.3) is 0 Å². The zero-order chi connectivity index (χ0) is 11.4. The van der Waals surface area contributed by atoms with E-state index in [1.54, 1.807) is 11.3 Å². The van der Waals surface area contributed by atoms with Gasteiger partial charge in [-0.3, -0.25) is 0 Å². The number of aliphatic hydroxyl groups is 1. The van der Waals surface area contributed by atoms with Crippen molar-refractivity contribution in [2.45, 2.75) is 18.9 Å². The highest BCUT2D eigenvalue weighted by Gasteiger charge is 2.09. The Kier molecular flexibility index (Phi) is 4.16. The van der Waals surface area contributed by atoms with Gasteiger partial charge in [-0.05, 0) is 40.4 Å². The van der Waals surface area contributed by atoms with Crippen molar-refractivity contribution in [3.05, 3.63) is 56.7 Å². The van der Waals surface area contributed by atoms with Crippen LogP contribution >= 0.6 is 27.3 Å². The third-order valence-electron chi connectivity index (χ3n) is 2.47. The Labute approximate surface area is 108 Å². The average Bonchev–Trinajstić information content (AvgIpc) is 2.74. The van der Waals surface area contributed by atoms with Gasteiger partial charge in [-0.2, -0.15) is 0 Å². The molecule has 84 valence electrons. The fourth-order valence-electron chi connectivity index (χ4n) is 1.59. The van der Waals surface area contributed by atoms with Gasteiger partial charge in [-0.15, -0.1) is 11.3 Å². The first-order chi connectivity index (χ1) is 7.75. The van der Waals surface area contributed by atoms with Gasteiger partial charge in [0.15, 0.2) is 0 Å². The maximum Gasteiger partial charge on any atom is 0.0885 e. The first-order valence-corrected chi connectivity index (χ1v) is 6.89. The van der Waals surface area contributed by atoms with Gasteiger partial charge in [-0.1, -0.05) is 30.3 Å². The molecule has 1 unspecified atom stereocenters. The molecular formula is C13H13BrOS. The average molecular weight is 297 g/mol. The van der Waals surface area contributed by atoms with Gasteiger partial charge in [0.2, 0.25) is 0 Å². The van der Waals surface area contributed by atoms with E-state index in [4.69, 9.17) is 0 Å². The Bertz CT molecular complexity index is 438. The Morgan fingerprint density at radius 3 is 2.62 bits per heavy atom. The SMILES string of the molecule is OC(CCc1ccccc1)c1cc(Br)cs1. The number of rotatable bonds is 4. The van der Waals surface area contributed by atoms with E-state index in [1.807, 2.05) is 29.6 Å². The molecule has 0 spiro atoms. The minimum Gasteiger partial charge on any atom is -0.388 e. The predicted octanol–water partition coefficient (Wildman–Crippen LogP) is 4.18. The summed E-state index contributed by atoms with van der Waals surface area (Å²) in [6.45, 7) is 0. The van der Waals surface area contributed by atoms with Crippen LogP contribution in [0, 0.1) is 0 Å². The molecule has 1 nitrogen and oxygen atoms in total. The van der Waals surface area contributed by atoms with Crippen LogP contribution in [0.3, 0.4) is 0 Å². The minimum atomic E-state index is -0.350. The van der Waals surface area contributed by atoms with Crippen molar-refractivity contribution in [3.8, 4) is 0 Å². The van der Waals surface area contributed by atoms with E-state index in [0.717, 1.165) is 22.2 Å². The molecule has 0 amide bonds. The molecule has 0 aliphatic carbocycles. The van der Waals surface area contributed by atoms with E-state index in [-0.39, 0.29) is 6.10 Å². The van der Waals surface area contributed by atoms with E-state index >= 15 is 0 Å². The van der Waals surface area contributed by atoms with Gasteiger partial charge in [0, 0.05) is 14.7 Å². The van der Waals surface area contributed by atoms with Crippen LogP contribution < -0.4 is 0 Å². The predicted molar refractivity (Wildman–Crippen MR) is 71.7 cm³/mol. The molecule has 3 heteroatoms. The molecule has 0 saturated carbocycles. The largest absolute Gasteiger partial charge is 0.388 e. The van der Waals surface area contributed by atoms with Crippen molar-refractivity contribution in [2.24, 2.45) is 0 Å². The lowest BCUT2D eigenvalue weighted by Gasteiger charge is -2.07. The summed E-state index contributed by atoms with van der Waals surface area (Å²) in [5, 5.41) is 12.0. The van der Waals surface area contributed by atoms with Crippen molar-refractivity contribution < 1.29 is 5.11 Å². The van der Waals surface area contributed by atoms with Crippen LogP contribution in [0.15, 0.2) is 46.3 Å². The van der Waals surface area contributed by atoms with Gasteiger partial charge < -0.3 is 5.11 Å². The number of aryl methyl sites for hydroxylation is 1. The molecule has 1 aromatic heterocycles. The second kappa shape index (κ2) is 5.62. The molecular weight excluding hydrogens is 284 g/mol. The molecule has 2 rings (SSSR count). The van der Waals surface area contributed by atoms with Crippen molar-refractivity contribution in [1.29, 1.82) is 0 Å². The molecule has 0 aliphatic rings. The summed E-state index contributed by atoms with van der Waals surface area (Å²) in [6, 6.07) is 12.2. The molecule has 0 aliphatic heterocycles. The first kappa shape index (κ1) is 11.8. The zero-order valence-corrected chi connectivity index (χ0v) is 11.2. The van der Waals surface area contributed by atoms with Crippen LogP contribution in [-0.2, 0) is 6.42 Å². The summed E-state index contributed by atoms with van der Waals surface area (Å²) in [5.41, 5.74) is 1.28. The lowest BCUT2D eigenvalue weighted by Crippen LogP contribution is -1.97. The third-order valence-corrected chi connectivity index (χ3v) is 4.26. The molecule has 16 heavy (non-hydrogen) atoms. The Hall–Kier alpha value is -0.640. The second-order valence-corrected chi connectivity index (χ2v) is 5.57. The number of hydrogen-bond acceptors (Lipinski definition) is 2. The van der Waals surface area contributed by atoms with Crippen molar-refractivity contribution in [2.75, 3.05) is 0 Å². The number of benzene rings is 1. The van der Waals surface area contributed by atoms with Gasteiger partial charge in [0.05, 0.1) is 6.10 Å². The van der Waals surface area contributed by atoms with Crippen LogP contribution in [0.5, 0.6) is 0 Å². The van der Waals surface area contributed by atoms with Gasteiger partial charge in [0.1, 0.15) is 0 Å². The van der Waals surface area contributed by atoms with E-state index in [1.165, 1.54) is 5.56 Å². The van der Waals surface area contributed by atoms with Crippen LogP contribution in [0.25, 0.3) is 0 Å². The number of hydrogen-bond donors (Lipinski definition) is 1. The topological polar surface area (TPSA) is 20.2 Å². The maximum atomic E-state index is 9.98. The molecule has 0 saturated heterocycles. The fourth-order valence-corrected chi connectivity index (χ4v) is 3.06. The van der Waals surface area contributed by atoms with Crippen LogP contribution in [0.1, 0.15) is 23.0 Å². The number of halogens is 1. The van der Waals surface area contributed by atoms with Gasteiger partial charge >= 0.3 is 0 Å². The summed E-state index contributed by atoms with van der Waals surface area (Å²) in [5.74, 6) is 0. The molecule has 2 aromatic rings. The molecule has 0 radical (unpaired) electrons. The highest BCUT2D eigenvalue weighted by molar-refractivity contribution is 9.10. The van der Waals surface area contributed by atoms with Crippen molar-refractivity contribution >= 4 is 27.3 Å². The molecule has 1 heterocycles. The highest BCUT2D eigenvalue weighted by atomic mass is 79.9. The molecule has 1 atom stereocenters. The molecule has 0 fully saturated rings. The normalized spacial score (nSPS) is 12.6. The summed E-state index contributed by atoms with van der Waals surface area (Å²) >= 11 is 4.99. The Balaban J connectivity index is 1.91. The zero-order valence-electron chi connectivity index (χ0n) is 8.77. The quantitative estimate of drug-likeness (QED) is 0.897. The van der Waals surface area contributed by atoms with E-state index in [9.17, 15) is 5.11 Å². The third kappa shape index (κ3) is 3.17. The van der Waals surface area contributed by atoms with E-state index in [2.05, 4.69) is 28.1 Å². The fraction of sp³-hybridized carbons (Fsp3) is 0.231. The summed E-state index contributed by atoms with van der Waals surface area (Å²) < 4.78 is 1.05. The molecule has 1 N–H and O–H groups in total. The van der Waals surface area contributed by atoms with Crippen LogP contribution in [-0.4, -0.2) is 5.11 Å². The standard InChI is InChI=1S/C13H13BrOS/c14-11-8-13(16-9-11)12(15)7-6-10-4-2-1-3-5-10/h1-5,8-9,12,15H,6-7H2. The summed E-state index contributed by atoms with van der Waals surface area (Å²) in [6.07, 6.45) is 1.34. The number of thiophene rings is 1.